The number of urea groups is 1. The molecule has 0 unspecified atom stereocenters. The summed E-state index contributed by atoms with van der Waals surface area (Å²) < 4.78 is 0. The molecule has 2 aliphatic rings. The highest BCUT2D eigenvalue weighted by Gasteiger charge is 2.31. The molecule has 2 aromatic rings. The van der Waals surface area contributed by atoms with Crippen LogP contribution in [0.1, 0.15) is 59.7 Å². The van der Waals surface area contributed by atoms with Crippen molar-refractivity contribution in [1.82, 2.24) is 10.2 Å². The molecule has 5 nitrogen and oxygen atoms in total. The Balaban J connectivity index is 1.47. The number of aryl methyl sites for hydroxylation is 2. The highest BCUT2D eigenvalue weighted by atomic mass is 16.2. The van der Waals surface area contributed by atoms with Gasteiger partial charge in [-0.05, 0) is 67.5 Å². The Morgan fingerprint density at radius 1 is 1.18 bits per heavy atom. The summed E-state index contributed by atoms with van der Waals surface area (Å²) in [6.45, 7) is 7.00. The third-order valence-electron chi connectivity index (χ3n) is 6.02. The first kappa shape index (κ1) is 18.5. The fraction of sp³-hybridized carbons (Fsp3) is 0.391. The maximum atomic E-state index is 13.0. The van der Waals surface area contributed by atoms with Crippen LogP contribution in [-0.2, 0) is 11.2 Å². The Labute approximate surface area is 166 Å². The molecule has 28 heavy (non-hydrogen) atoms. The van der Waals surface area contributed by atoms with Crippen molar-refractivity contribution in [1.29, 1.82) is 0 Å². The Morgan fingerprint density at radius 3 is 2.79 bits per heavy atom. The number of hydrogen-bond acceptors (Lipinski definition) is 2. The van der Waals surface area contributed by atoms with E-state index in [9.17, 15) is 9.59 Å². The summed E-state index contributed by atoms with van der Waals surface area (Å²) in [6, 6.07) is 12.4. The van der Waals surface area contributed by atoms with Crippen LogP contribution in [0.15, 0.2) is 36.4 Å². The molecule has 5 heteroatoms. The number of anilines is 1. The van der Waals surface area contributed by atoms with E-state index >= 15 is 0 Å². The minimum atomic E-state index is -0.116. The average Bonchev–Trinajstić information content (AvgIpc) is 3.28. The van der Waals surface area contributed by atoms with Crippen molar-refractivity contribution in [3.05, 3.63) is 64.2 Å². The van der Waals surface area contributed by atoms with Crippen LogP contribution < -0.4 is 10.6 Å². The number of hydrogen-bond donors (Lipinski definition) is 2. The maximum Gasteiger partial charge on any atom is 0.318 e. The first-order valence-electron chi connectivity index (χ1n) is 9.99. The lowest BCUT2D eigenvalue weighted by Crippen LogP contribution is -2.40. The Hall–Kier alpha value is -2.82. The van der Waals surface area contributed by atoms with Gasteiger partial charge in [0, 0.05) is 12.2 Å². The molecule has 0 aromatic heterocycles. The first-order valence-corrected chi connectivity index (χ1v) is 9.99. The van der Waals surface area contributed by atoms with Crippen LogP contribution in [0, 0.1) is 13.8 Å². The number of rotatable bonds is 3. The van der Waals surface area contributed by atoms with Crippen molar-refractivity contribution in [2.24, 2.45) is 0 Å². The third kappa shape index (κ3) is 3.49. The molecule has 4 rings (SSSR count). The second-order valence-corrected chi connectivity index (χ2v) is 8.01. The predicted octanol–water partition coefficient (Wildman–Crippen LogP) is 4.41. The summed E-state index contributed by atoms with van der Waals surface area (Å²) in [6.07, 6.45) is 2.42. The van der Waals surface area contributed by atoms with E-state index in [1.54, 1.807) is 0 Å². The van der Waals surface area contributed by atoms with E-state index in [0.717, 1.165) is 36.2 Å². The minimum absolute atomic E-state index is 0.0251. The zero-order chi connectivity index (χ0) is 19.8. The zero-order valence-electron chi connectivity index (χ0n) is 16.7. The van der Waals surface area contributed by atoms with Crippen LogP contribution >= 0.6 is 0 Å². The molecule has 0 radical (unpaired) electrons. The molecule has 1 saturated heterocycles. The average molecular weight is 377 g/mol. The molecule has 2 N–H and O–H groups in total. The first-order chi connectivity index (χ1) is 13.4. The van der Waals surface area contributed by atoms with Crippen LogP contribution in [0.3, 0.4) is 0 Å². The second kappa shape index (κ2) is 7.30. The summed E-state index contributed by atoms with van der Waals surface area (Å²) in [7, 11) is 0. The second-order valence-electron chi connectivity index (χ2n) is 8.01. The molecule has 2 atom stereocenters. The lowest BCUT2D eigenvalue weighted by atomic mass is 9.99. The molecule has 2 aliphatic heterocycles. The zero-order valence-corrected chi connectivity index (χ0v) is 16.7. The van der Waals surface area contributed by atoms with Gasteiger partial charge in [-0.3, -0.25) is 4.79 Å². The molecule has 146 valence electrons. The van der Waals surface area contributed by atoms with Crippen LogP contribution in [-0.4, -0.2) is 23.4 Å². The van der Waals surface area contributed by atoms with Gasteiger partial charge in [0.15, 0.2) is 0 Å². The lowest BCUT2D eigenvalue weighted by molar-refractivity contribution is -0.115. The molecule has 0 saturated carbocycles. The summed E-state index contributed by atoms with van der Waals surface area (Å²) >= 11 is 0. The third-order valence-corrected chi connectivity index (χ3v) is 6.02. The van der Waals surface area contributed by atoms with Gasteiger partial charge in [0.05, 0.1) is 18.5 Å². The van der Waals surface area contributed by atoms with E-state index in [0.29, 0.717) is 6.42 Å². The van der Waals surface area contributed by atoms with Gasteiger partial charge in [0.25, 0.3) is 0 Å². The number of fused-ring (bicyclic) bond motifs is 1. The summed E-state index contributed by atoms with van der Waals surface area (Å²) in [5.41, 5.74) is 6.64. The van der Waals surface area contributed by atoms with Crippen LogP contribution in [0.25, 0.3) is 0 Å². The van der Waals surface area contributed by atoms with E-state index in [4.69, 9.17) is 0 Å². The molecule has 2 heterocycles. The van der Waals surface area contributed by atoms with Gasteiger partial charge in [-0.25, -0.2) is 4.79 Å². The molecule has 3 amide bonds. The molecular formula is C23H27N3O2. The van der Waals surface area contributed by atoms with Gasteiger partial charge in [-0.2, -0.15) is 0 Å². The van der Waals surface area contributed by atoms with Crippen molar-refractivity contribution >= 4 is 17.6 Å². The van der Waals surface area contributed by atoms with Crippen molar-refractivity contribution in [3.8, 4) is 0 Å². The van der Waals surface area contributed by atoms with Crippen molar-refractivity contribution in [2.75, 3.05) is 11.9 Å². The highest BCUT2D eigenvalue weighted by molar-refractivity contribution is 5.99. The topological polar surface area (TPSA) is 61.4 Å². The number of nitrogens with one attached hydrogen (secondary N) is 2. The summed E-state index contributed by atoms with van der Waals surface area (Å²) in [5.74, 6) is 0.0251. The Morgan fingerprint density at radius 2 is 2.00 bits per heavy atom. The van der Waals surface area contributed by atoms with Crippen molar-refractivity contribution in [2.45, 2.75) is 52.1 Å². The molecule has 0 bridgehead atoms. The van der Waals surface area contributed by atoms with Gasteiger partial charge in [0.2, 0.25) is 5.91 Å². The summed E-state index contributed by atoms with van der Waals surface area (Å²) in [5, 5.41) is 5.99. The van der Waals surface area contributed by atoms with Crippen molar-refractivity contribution < 1.29 is 9.59 Å². The SMILES string of the molecule is Cc1ccc([C@@H]2CCCN2C(=O)N[C@H](C)c2ccc3c(c2)CC(=O)N3)cc1C. The van der Waals surface area contributed by atoms with Gasteiger partial charge in [-0.1, -0.05) is 30.3 Å². The normalized spacial score (nSPS) is 19.3. The number of benzene rings is 2. The van der Waals surface area contributed by atoms with E-state index in [1.165, 1.54) is 16.7 Å². The maximum absolute atomic E-state index is 13.0. The molecular weight excluding hydrogens is 350 g/mol. The lowest BCUT2D eigenvalue weighted by Gasteiger charge is -2.28. The van der Waals surface area contributed by atoms with E-state index < -0.39 is 0 Å². The molecule has 0 aliphatic carbocycles. The number of amides is 3. The number of carbonyl (C=O) groups is 2. The largest absolute Gasteiger partial charge is 0.331 e. The fourth-order valence-electron chi connectivity index (χ4n) is 4.20. The highest BCUT2D eigenvalue weighted by Crippen LogP contribution is 2.33. The van der Waals surface area contributed by atoms with E-state index in [2.05, 4.69) is 42.7 Å². The van der Waals surface area contributed by atoms with Gasteiger partial charge < -0.3 is 15.5 Å². The molecule has 2 aromatic carbocycles. The van der Waals surface area contributed by atoms with Crippen molar-refractivity contribution in [3.63, 3.8) is 0 Å². The predicted molar refractivity (Wildman–Crippen MR) is 110 cm³/mol. The minimum Gasteiger partial charge on any atom is -0.331 e. The molecule has 0 spiro atoms. The van der Waals surface area contributed by atoms with Crippen LogP contribution in [0.4, 0.5) is 10.5 Å². The number of nitrogens with zero attached hydrogens (tertiary/aromatic N) is 1. The number of carbonyl (C=O) groups excluding carboxylic acids is 2. The summed E-state index contributed by atoms with van der Waals surface area (Å²) in [4.78, 5) is 26.5. The van der Waals surface area contributed by atoms with Crippen LogP contribution in [0.5, 0.6) is 0 Å². The number of likely N-dealkylation sites (tertiary alicyclic amines) is 1. The molecule has 1 fully saturated rings. The quantitative estimate of drug-likeness (QED) is 0.832. The van der Waals surface area contributed by atoms with Gasteiger partial charge in [-0.15, -0.1) is 0 Å². The Kier molecular flexibility index (Phi) is 4.84. The van der Waals surface area contributed by atoms with Gasteiger partial charge >= 0.3 is 6.03 Å². The van der Waals surface area contributed by atoms with Crippen LogP contribution in [0.2, 0.25) is 0 Å². The standard InChI is InChI=1S/C23H27N3O2/c1-14-6-7-18(11-15(14)2)21-5-4-10-26(21)23(28)24-16(3)17-8-9-20-19(12-17)13-22(27)25-20/h6-9,11-12,16,21H,4-5,10,13H2,1-3H3,(H,24,28)(H,25,27)/t16-,21+/m1/s1. The van der Waals surface area contributed by atoms with E-state index in [-0.39, 0.29) is 24.0 Å². The van der Waals surface area contributed by atoms with E-state index in [1.807, 2.05) is 30.0 Å². The Bertz CT molecular complexity index is 937. The monoisotopic (exact) mass is 377 g/mol. The fourth-order valence-corrected chi connectivity index (χ4v) is 4.20. The smallest absolute Gasteiger partial charge is 0.318 e. The van der Waals surface area contributed by atoms with Gasteiger partial charge in [0.1, 0.15) is 0 Å².